The zero-order chi connectivity index (χ0) is 30.4. The number of ketones is 1. The van der Waals surface area contributed by atoms with Gasteiger partial charge in [-0.3, -0.25) is 14.4 Å². The molecule has 230 valence electrons. The van der Waals surface area contributed by atoms with E-state index in [1.807, 2.05) is 27.7 Å². The molecule has 42 heavy (non-hydrogen) atoms. The van der Waals surface area contributed by atoms with Crippen LogP contribution in [0.2, 0.25) is 0 Å². The number of esters is 3. The number of ether oxygens (including phenoxy) is 5. The lowest BCUT2D eigenvalue weighted by Crippen LogP contribution is -2.63. The smallest absolute Gasteiger partial charge is 0.334 e. The summed E-state index contributed by atoms with van der Waals surface area (Å²) in [7, 11) is 0. The third-order valence-electron chi connectivity index (χ3n) is 12.1. The van der Waals surface area contributed by atoms with Crippen molar-refractivity contribution in [3.8, 4) is 0 Å². The molecule has 0 radical (unpaired) electrons. The maximum absolute atomic E-state index is 14.3. The van der Waals surface area contributed by atoms with E-state index in [4.69, 9.17) is 23.7 Å². The lowest BCUT2D eigenvalue weighted by Gasteiger charge is -2.45. The maximum Gasteiger partial charge on any atom is 0.334 e. The molecule has 7 rings (SSSR count). The first-order valence-electron chi connectivity index (χ1n) is 15.1. The first-order valence-corrected chi connectivity index (χ1v) is 15.1. The number of carbonyl (C=O) groups is 4. The largest absolute Gasteiger partial charge is 0.458 e. The molecule has 0 unspecified atom stereocenters. The molecule has 2 spiro atoms. The molecule has 7 aliphatic rings. The fourth-order valence-electron chi connectivity index (χ4n) is 10.4. The van der Waals surface area contributed by atoms with Crippen molar-refractivity contribution in [1.29, 1.82) is 0 Å². The summed E-state index contributed by atoms with van der Waals surface area (Å²) in [6, 6.07) is 0. The number of fused-ring (bicyclic) bond motifs is 3. The van der Waals surface area contributed by atoms with E-state index in [0.717, 1.165) is 0 Å². The van der Waals surface area contributed by atoms with Crippen LogP contribution in [-0.2, 0) is 42.9 Å². The molecule has 0 aromatic heterocycles. The van der Waals surface area contributed by atoms with E-state index >= 15 is 0 Å². The molecule has 6 fully saturated rings. The summed E-state index contributed by atoms with van der Waals surface area (Å²) in [6.07, 6.45) is -0.441. The van der Waals surface area contributed by atoms with Crippen molar-refractivity contribution in [2.24, 2.45) is 35.0 Å². The SMILES string of the molecule is CC(=O)O[C@@H]([C@@H](C)[C@@H]1[C@H]2[C@]1(C)CC[C@@]13O[C@]2(O)C(=O)[C@@H]1CC[C@H]1C(C)(C)O[C@@H]2CC(=O)O[C@@]21[C@H]3O)[C@@H]1C=C(C)C(=O)O1. The second kappa shape index (κ2) is 8.43. The molecular formula is C31H40O11. The Morgan fingerprint density at radius 3 is 2.50 bits per heavy atom. The van der Waals surface area contributed by atoms with E-state index in [2.05, 4.69) is 0 Å². The van der Waals surface area contributed by atoms with Gasteiger partial charge >= 0.3 is 17.9 Å². The minimum absolute atomic E-state index is 0.00702. The Balaban J connectivity index is 1.24. The van der Waals surface area contributed by atoms with Crippen LogP contribution in [0.3, 0.4) is 0 Å². The van der Waals surface area contributed by atoms with Gasteiger partial charge < -0.3 is 33.9 Å². The van der Waals surface area contributed by atoms with E-state index in [-0.39, 0.29) is 24.7 Å². The highest BCUT2D eigenvalue weighted by molar-refractivity contribution is 5.93. The van der Waals surface area contributed by atoms with Gasteiger partial charge in [-0.15, -0.1) is 0 Å². The summed E-state index contributed by atoms with van der Waals surface area (Å²) in [5.74, 6) is -6.61. The molecule has 4 saturated heterocycles. The van der Waals surface area contributed by atoms with Gasteiger partial charge in [-0.25, -0.2) is 4.79 Å². The number of aliphatic hydroxyl groups is 2. The number of aliphatic hydroxyl groups excluding tert-OH is 1. The van der Waals surface area contributed by atoms with E-state index in [9.17, 15) is 29.4 Å². The summed E-state index contributed by atoms with van der Waals surface area (Å²) < 4.78 is 30.0. The van der Waals surface area contributed by atoms with Gasteiger partial charge in [0.2, 0.25) is 5.79 Å². The highest BCUT2D eigenvalue weighted by atomic mass is 16.7. The Kier molecular flexibility index (Phi) is 5.71. The maximum atomic E-state index is 14.3. The molecule has 2 aliphatic carbocycles. The Morgan fingerprint density at radius 2 is 1.86 bits per heavy atom. The van der Waals surface area contributed by atoms with Crippen molar-refractivity contribution in [2.75, 3.05) is 0 Å². The number of Topliss-reactive ketones (excluding diaryl/α,β-unsaturated/α-hetero) is 1. The monoisotopic (exact) mass is 588 g/mol. The van der Waals surface area contributed by atoms with Crippen molar-refractivity contribution in [2.45, 2.75) is 121 Å². The highest BCUT2D eigenvalue weighted by Gasteiger charge is 2.85. The van der Waals surface area contributed by atoms with E-state index in [1.165, 1.54) is 6.92 Å². The van der Waals surface area contributed by atoms with Gasteiger partial charge in [-0.1, -0.05) is 13.8 Å². The van der Waals surface area contributed by atoms with E-state index in [1.54, 1.807) is 13.0 Å². The summed E-state index contributed by atoms with van der Waals surface area (Å²) in [6.45, 7) is 10.6. The van der Waals surface area contributed by atoms with Gasteiger partial charge in [-0.2, -0.15) is 0 Å². The van der Waals surface area contributed by atoms with Crippen molar-refractivity contribution in [1.82, 2.24) is 0 Å². The summed E-state index contributed by atoms with van der Waals surface area (Å²) in [5, 5.41) is 24.5. The molecular weight excluding hydrogens is 548 g/mol. The summed E-state index contributed by atoms with van der Waals surface area (Å²) >= 11 is 0. The molecule has 0 aromatic carbocycles. The number of hydrogen-bond donors (Lipinski definition) is 2. The van der Waals surface area contributed by atoms with Crippen LogP contribution < -0.4 is 0 Å². The first kappa shape index (κ1) is 28.4. The van der Waals surface area contributed by atoms with Crippen molar-refractivity contribution in [3.05, 3.63) is 11.6 Å². The van der Waals surface area contributed by atoms with E-state index in [0.29, 0.717) is 24.8 Å². The molecule has 0 aromatic rings. The van der Waals surface area contributed by atoms with Gasteiger partial charge in [0.25, 0.3) is 0 Å². The molecule has 2 bridgehead atoms. The molecule has 0 amide bonds. The average molecular weight is 589 g/mol. The molecule has 2 saturated carbocycles. The van der Waals surface area contributed by atoms with Gasteiger partial charge in [0, 0.05) is 30.3 Å². The second-order valence-corrected chi connectivity index (χ2v) is 14.6. The molecule has 13 atom stereocenters. The zero-order valence-corrected chi connectivity index (χ0v) is 24.9. The van der Waals surface area contributed by atoms with Gasteiger partial charge in [0.1, 0.15) is 23.9 Å². The highest BCUT2D eigenvalue weighted by Crippen LogP contribution is 2.76. The normalized spacial score (nSPS) is 51.1. The second-order valence-electron chi connectivity index (χ2n) is 14.6. The number of cyclic esters (lactones) is 1. The third-order valence-corrected chi connectivity index (χ3v) is 12.1. The lowest BCUT2D eigenvalue weighted by molar-refractivity contribution is -0.276. The van der Waals surface area contributed by atoms with E-state index < -0.39 is 93.9 Å². The van der Waals surface area contributed by atoms with Crippen LogP contribution in [0.25, 0.3) is 0 Å². The van der Waals surface area contributed by atoms with Crippen molar-refractivity contribution >= 4 is 23.7 Å². The topological polar surface area (TPSA) is 155 Å². The Hall–Kier alpha value is -2.34. The third kappa shape index (κ3) is 3.31. The molecule has 2 N–H and O–H groups in total. The van der Waals surface area contributed by atoms with Crippen LogP contribution in [0.5, 0.6) is 0 Å². The van der Waals surface area contributed by atoms with Gasteiger partial charge in [0.05, 0.1) is 17.9 Å². The first-order chi connectivity index (χ1) is 19.5. The quantitative estimate of drug-likeness (QED) is 0.365. The minimum atomic E-state index is -2.19. The zero-order valence-electron chi connectivity index (χ0n) is 24.9. The summed E-state index contributed by atoms with van der Waals surface area (Å²) in [5.41, 5.74) is -3.69. The fourth-order valence-corrected chi connectivity index (χ4v) is 10.4. The Bertz CT molecular complexity index is 1320. The molecule has 11 nitrogen and oxygen atoms in total. The van der Waals surface area contributed by atoms with Gasteiger partial charge in [-0.05, 0) is 63.9 Å². The van der Waals surface area contributed by atoms with Crippen LogP contribution in [-0.4, -0.2) is 80.9 Å². The number of rotatable bonds is 4. The Labute approximate surface area is 244 Å². The van der Waals surface area contributed by atoms with Crippen molar-refractivity contribution < 1.29 is 53.1 Å². The predicted molar refractivity (Wildman–Crippen MR) is 141 cm³/mol. The van der Waals surface area contributed by atoms with Crippen LogP contribution in [0.1, 0.15) is 73.6 Å². The number of carbonyl (C=O) groups excluding carboxylic acids is 4. The molecule has 5 heterocycles. The number of hydrogen-bond acceptors (Lipinski definition) is 11. The summed E-state index contributed by atoms with van der Waals surface area (Å²) in [4.78, 5) is 51.2. The molecule has 11 heteroatoms. The minimum Gasteiger partial charge on any atom is -0.458 e. The van der Waals surface area contributed by atoms with Crippen LogP contribution >= 0.6 is 0 Å². The van der Waals surface area contributed by atoms with Gasteiger partial charge in [0.15, 0.2) is 17.5 Å². The average Bonchev–Trinajstić information content (AvgIpc) is 2.99. The lowest BCUT2D eigenvalue weighted by atomic mass is 9.67. The standard InChI is InChI=1S/C31H40O11/c1-13-11-17(39-25(13)35)22(38-15(3)32)14(2)21-23-28(21,6)9-10-29-16(24(34)31(23,37)42-29)7-8-18-27(4,5)40-19-12-20(33)41-30(18,19)26(29)36/h11,14,16-19,21-23,26,36-37H,7-10,12H2,1-6H3/t14-,16-,17-,18-,19+,21+,22-,23-,26-,28+,29+,30+,31-/m0/s1. The fraction of sp³-hybridized carbons (Fsp3) is 0.806. The molecule has 5 aliphatic heterocycles. The van der Waals surface area contributed by atoms with Crippen LogP contribution in [0, 0.1) is 35.0 Å². The van der Waals surface area contributed by atoms with Crippen LogP contribution in [0.4, 0.5) is 0 Å². The predicted octanol–water partition coefficient (Wildman–Crippen LogP) is 1.75. The Morgan fingerprint density at radius 1 is 1.14 bits per heavy atom. The van der Waals surface area contributed by atoms with Crippen LogP contribution in [0.15, 0.2) is 11.6 Å². The van der Waals surface area contributed by atoms with Crippen molar-refractivity contribution in [3.63, 3.8) is 0 Å².